The van der Waals surface area contributed by atoms with Crippen molar-refractivity contribution in [1.82, 2.24) is 10.2 Å². The van der Waals surface area contributed by atoms with Gasteiger partial charge in [0.1, 0.15) is 5.76 Å². The Balaban J connectivity index is 1.59. The smallest absolute Gasteiger partial charge is 0.256 e. The van der Waals surface area contributed by atoms with Gasteiger partial charge in [-0.3, -0.25) is 4.79 Å². The van der Waals surface area contributed by atoms with E-state index >= 15 is 0 Å². The predicted octanol–water partition coefficient (Wildman–Crippen LogP) is 3.05. The lowest BCUT2D eigenvalue weighted by Crippen LogP contribution is -2.57. The summed E-state index contributed by atoms with van der Waals surface area (Å²) in [6.45, 7) is 6.29. The number of carbonyl (C=O) groups is 1. The first kappa shape index (κ1) is 18.7. The molecule has 2 N–H and O–H groups in total. The van der Waals surface area contributed by atoms with Crippen LogP contribution < -0.4 is 5.32 Å². The number of nitrogens with zero attached hydrogens (tertiary/aromatic N) is 1. The Hall–Kier alpha value is -2.11. The van der Waals surface area contributed by atoms with Crippen LogP contribution in [-0.2, 0) is 17.9 Å². The van der Waals surface area contributed by atoms with Gasteiger partial charge in [-0.25, -0.2) is 0 Å². The number of carbonyl (C=O) groups excluding carboxylic acids is 1. The van der Waals surface area contributed by atoms with E-state index in [2.05, 4.69) is 43.4 Å². The molecule has 0 spiro atoms. The highest BCUT2D eigenvalue weighted by atomic mass is 16.3. The molecule has 5 nitrogen and oxygen atoms in total. The fourth-order valence-corrected chi connectivity index (χ4v) is 3.41. The number of hydrogen-bond acceptors (Lipinski definition) is 4. The highest BCUT2D eigenvalue weighted by Gasteiger charge is 2.41. The summed E-state index contributed by atoms with van der Waals surface area (Å²) in [5.41, 5.74) is 1.04. The highest BCUT2D eigenvalue weighted by molar-refractivity contribution is 5.86. The van der Waals surface area contributed by atoms with Gasteiger partial charge >= 0.3 is 0 Å². The Morgan fingerprint density at radius 3 is 2.69 bits per heavy atom. The molecule has 1 amide bonds. The molecule has 1 aromatic heterocycles. The maximum atomic E-state index is 12.8. The van der Waals surface area contributed by atoms with Crippen LogP contribution in [0.25, 0.3) is 0 Å². The molecule has 1 aromatic carbocycles. The molecule has 1 fully saturated rings. The summed E-state index contributed by atoms with van der Waals surface area (Å²) in [4.78, 5) is 14.6. The van der Waals surface area contributed by atoms with Crippen molar-refractivity contribution in [2.45, 2.75) is 51.3 Å². The van der Waals surface area contributed by atoms with Gasteiger partial charge in [-0.15, -0.1) is 0 Å². The first-order valence-electron chi connectivity index (χ1n) is 9.32. The second-order valence-electron chi connectivity index (χ2n) is 7.44. The minimum Gasteiger partial charge on any atom is -0.468 e. The Morgan fingerprint density at radius 2 is 2.04 bits per heavy atom. The molecule has 5 heteroatoms. The molecule has 1 aliphatic heterocycles. The summed E-state index contributed by atoms with van der Waals surface area (Å²) in [5, 5.41) is 14.0. The largest absolute Gasteiger partial charge is 0.468 e. The van der Waals surface area contributed by atoms with Crippen molar-refractivity contribution >= 4 is 5.91 Å². The second kappa shape index (κ2) is 8.06. The molecule has 1 aliphatic rings. The number of amides is 1. The lowest BCUT2D eigenvalue weighted by molar-refractivity contribution is -0.157. The van der Waals surface area contributed by atoms with E-state index in [1.807, 2.05) is 12.1 Å². The van der Waals surface area contributed by atoms with E-state index in [1.54, 1.807) is 11.2 Å². The van der Waals surface area contributed by atoms with Crippen LogP contribution in [0, 0.1) is 0 Å². The summed E-state index contributed by atoms with van der Waals surface area (Å²) >= 11 is 0. The molecule has 0 aliphatic carbocycles. The van der Waals surface area contributed by atoms with Gasteiger partial charge < -0.3 is 19.7 Å². The predicted molar refractivity (Wildman–Crippen MR) is 101 cm³/mol. The lowest BCUT2D eigenvalue weighted by Gasteiger charge is -2.38. The van der Waals surface area contributed by atoms with Crippen LogP contribution >= 0.6 is 0 Å². The molecule has 2 heterocycles. The maximum absolute atomic E-state index is 12.8. The van der Waals surface area contributed by atoms with Crippen LogP contribution in [0.15, 0.2) is 47.1 Å². The van der Waals surface area contributed by atoms with E-state index in [0.29, 0.717) is 32.0 Å². The van der Waals surface area contributed by atoms with Crippen LogP contribution in [0.5, 0.6) is 0 Å². The third-order valence-electron chi connectivity index (χ3n) is 5.02. The molecule has 0 saturated carbocycles. The van der Waals surface area contributed by atoms with Crippen molar-refractivity contribution in [3.63, 3.8) is 0 Å². The average Bonchev–Trinajstić information content (AvgIpc) is 3.13. The molecular weight excluding hydrogens is 328 g/mol. The molecular formula is C21H28N2O3. The van der Waals surface area contributed by atoms with E-state index in [4.69, 9.17) is 4.42 Å². The monoisotopic (exact) mass is 356 g/mol. The van der Waals surface area contributed by atoms with Crippen molar-refractivity contribution in [3.8, 4) is 0 Å². The zero-order chi connectivity index (χ0) is 18.6. The standard InChI is InChI=1S/C21H28N2O3/c1-16(2)18-8-6-17(7-9-18)14-23-11-4-10-21(25,20(23)24)15-22-13-19-5-3-12-26-19/h3,5-9,12,16,22,25H,4,10-11,13-15H2,1-2H3/t21-/m1/s1. The quantitative estimate of drug-likeness (QED) is 0.800. The number of rotatable bonds is 7. The van der Waals surface area contributed by atoms with Gasteiger partial charge in [0.05, 0.1) is 12.8 Å². The number of nitrogens with one attached hydrogen (secondary N) is 1. The van der Waals surface area contributed by atoms with Gasteiger partial charge in [0.15, 0.2) is 5.60 Å². The van der Waals surface area contributed by atoms with Crippen LogP contribution in [-0.4, -0.2) is 34.6 Å². The van der Waals surface area contributed by atoms with E-state index in [1.165, 1.54) is 5.56 Å². The van der Waals surface area contributed by atoms with E-state index in [-0.39, 0.29) is 12.5 Å². The molecule has 0 bridgehead atoms. The fourth-order valence-electron chi connectivity index (χ4n) is 3.41. The van der Waals surface area contributed by atoms with Crippen molar-refractivity contribution in [3.05, 3.63) is 59.5 Å². The highest BCUT2D eigenvalue weighted by Crippen LogP contribution is 2.24. The molecule has 3 rings (SSSR count). The number of hydrogen-bond donors (Lipinski definition) is 2. The first-order valence-corrected chi connectivity index (χ1v) is 9.32. The fraction of sp³-hybridized carbons (Fsp3) is 0.476. The molecule has 1 atom stereocenters. The third kappa shape index (κ3) is 4.34. The zero-order valence-corrected chi connectivity index (χ0v) is 15.6. The Kier molecular flexibility index (Phi) is 5.79. The molecule has 0 unspecified atom stereocenters. The van der Waals surface area contributed by atoms with Crippen molar-refractivity contribution in [2.24, 2.45) is 0 Å². The molecule has 140 valence electrons. The van der Waals surface area contributed by atoms with E-state index in [9.17, 15) is 9.90 Å². The molecule has 2 aromatic rings. The van der Waals surface area contributed by atoms with Gasteiger partial charge in [0, 0.05) is 19.6 Å². The van der Waals surface area contributed by atoms with E-state index < -0.39 is 5.60 Å². The summed E-state index contributed by atoms with van der Waals surface area (Å²) < 4.78 is 5.27. The van der Waals surface area contributed by atoms with Crippen molar-refractivity contribution in [2.75, 3.05) is 13.1 Å². The zero-order valence-electron chi connectivity index (χ0n) is 15.6. The first-order chi connectivity index (χ1) is 12.5. The van der Waals surface area contributed by atoms with E-state index in [0.717, 1.165) is 17.7 Å². The van der Waals surface area contributed by atoms with Gasteiger partial charge in [0.25, 0.3) is 5.91 Å². The van der Waals surface area contributed by atoms with Gasteiger partial charge in [0.2, 0.25) is 0 Å². The SMILES string of the molecule is CC(C)c1ccc(CN2CCC[C@@](O)(CNCc3ccco3)C2=O)cc1. The molecule has 26 heavy (non-hydrogen) atoms. The topological polar surface area (TPSA) is 65.7 Å². The third-order valence-corrected chi connectivity index (χ3v) is 5.02. The summed E-state index contributed by atoms with van der Waals surface area (Å²) in [6, 6.07) is 12.1. The van der Waals surface area contributed by atoms with Crippen LogP contribution in [0.2, 0.25) is 0 Å². The Bertz CT molecular complexity index is 709. The average molecular weight is 356 g/mol. The van der Waals surface area contributed by atoms with Crippen molar-refractivity contribution in [1.29, 1.82) is 0 Å². The minimum atomic E-state index is -1.34. The number of piperidine rings is 1. The number of furan rings is 1. The normalized spacial score (nSPS) is 20.8. The summed E-state index contributed by atoms with van der Waals surface area (Å²) in [5.74, 6) is 1.09. The number of likely N-dealkylation sites (tertiary alicyclic amines) is 1. The Morgan fingerprint density at radius 1 is 1.27 bits per heavy atom. The molecule has 0 radical (unpaired) electrons. The molecule has 1 saturated heterocycles. The van der Waals surface area contributed by atoms with Gasteiger partial charge in [-0.1, -0.05) is 38.1 Å². The van der Waals surface area contributed by atoms with Crippen LogP contribution in [0.4, 0.5) is 0 Å². The maximum Gasteiger partial charge on any atom is 0.256 e. The minimum absolute atomic E-state index is 0.191. The lowest BCUT2D eigenvalue weighted by atomic mass is 9.91. The number of aliphatic hydroxyl groups is 1. The second-order valence-corrected chi connectivity index (χ2v) is 7.44. The Labute approximate surface area is 155 Å². The summed E-state index contributed by atoms with van der Waals surface area (Å²) in [7, 11) is 0. The van der Waals surface area contributed by atoms with Gasteiger partial charge in [-0.05, 0) is 42.0 Å². The number of benzene rings is 1. The van der Waals surface area contributed by atoms with Crippen LogP contribution in [0.3, 0.4) is 0 Å². The van der Waals surface area contributed by atoms with Crippen molar-refractivity contribution < 1.29 is 14.3 Å². The van der Waals surface area contributed by atoms with Gasteiger partial charge in [-0.2, -0.15) is 0 Å². The van der Waals surface area contributed by atoms with Crippen LogP contribution in [0.1, 0.15) is 49.5 Å². The summed E-state index contributed by atoms with van der Waals surface area (Å²) in [6.07, 6.45) is 2.90.